The predicted molar refractivity (Wildman–Crippen MR) is 69.0 cm³/mol. The van der Waals surface area contributed by atoms with Crippen LogP contribution < -0.4 is 10.5 Å². The van der Waals surface area contributed by atoms with E-state index in [0.717, 1.165) is 0 Å². The molecule has 0 atom stereocenters. The Hall–Kier alpha value is -1.85. The summed E-state index contributed by atoms with van der Waals surface area (Å²) in [5.74, 6) is -0.472. The smallest absolute Gasteiger partial charge is 0.303 e. The molecule has 1 aromatic heterocycles. The first-order valence-electron chi connectivity index (χ1n) is 5.93. The third-order valence-corrected chi connectivity index (χ3v) is 2.65. The highest BCUT2D eigenvalue weighted by Gasteiger charge is 2.11. The molecule has 100 valence electrons. The predicted octanol–water partition coefficient (Wildman–Crippen LogP) is 1.13. The van der Waals surface area contributed by atoms with Crippen molar-refractivity contribution in [1.82, 2.24) is 9.55 Å². The van der Waals surface area contributed by atoms with E-state index in [9.17, 15) is 9.59 Å². The van der Waals surface area contributed by atoms with Gasteiger partial charge in [-0.15, -0.1) is 0 Å². The number of anilines is 1. The van der Waals surface area contributed by atoms with Crippen LogP contribution in [0.2, 0.25) is 0 Å². The molecule has 0 amide bonds. The van der Waals surface area contributed by atoms with Crippen LogP contribution >= 0.6 is 0 Å². The molecule has 0 unspecified atom stereocenters. The maximum atomic E-state index is 12.1. The zero-order valence-electron chi connectivity index (χ0n) is 11.0. The number of carboxylic acid groups (broad SMARTS) is 1. The van der Waals surface area contributed by atoms with E-state index in [1.807, 2.05) is 13.8 Å². The minimum Gasteiger partial charge on any atom is -0.481 e. The molecule has 6 heteroatoms. The fourth-order valence-corrected chi connectivity index (χ4v) is 1.66. The third-order valence-electron chi connectivity index (χ3n) is 2.65. The van der Waals surface area contributed by atoms with E-state index in [2.05, 4.69) is 4.98 Å². The van der Waals surface area contributed by atoms with E-state index in [1.165, 1.54) is 0 Å². The van der Waals surface area contributed by atoms with E-state index in [4.69, 9.17) is 5.11 Å². The zero-order valence-corrected chi connectivity index (χ0v) is 11.0. The molecule has 0 saturated heterocycles. The van der Waals surface area contributed by atoms with Crippen molar-refractivity contribution < 1.29 is 9.90 Å². The monoisotopic (exact) mass is 253 g/mol. The summed E-state index contributed by atoms with van der Waals surface area (Å²) in [6, 6.07) is 0.0756. The Balaban J connectivity index is 2.80. The minimum atomic E-state index is -0.830. The SMILES string of the molecule is CC(C)n1ccnc(N(C)CCCC(=O)O)c1=O. The lowest BCUT2D eigenvalue weighted by molar-refractivity contribution is -0.137. The van der Waals surface area contributed by atoms with Gasteiger partial charge in [-0.2, -0.15) is 0 Å². The van der Waals surface area contributed by atoms with Gasteiger partial charge in [0, 0.05) is 38.4 Å². The number of aromatic nitrogens is 2. The number of carbonyl (C=O) groups is 1. The molecule has 0 aliphatic rings. The van der Waals surface area contributed by atoms with E-state index >= 15 is 0 Å². The van der Waals surface area contributed by atoms with Gasteiger partial charge in [0.2, 0.25) is 0 Å². The van der Waals surface area contributed by atoms with Crippen molar-refractivity contribution in [3.8, 4) is 0 Å². The highest BCUT2D eigenvalue weighted by molar-refractivity contribution is 5.66. The van der Waals surface area contributed by atoms with Crippen molar-refractivity contribution >= 4 is 11.8 Å². The van der Waals surface area contributed by atoms with Crippen molar-refractivity contribution in [3.05, 3.63) is 22.7 Å². The lowest BCUT2D eigenvalue weighted by atomic mass is 10.3. The van der Waals surface area contributed by atoms with E-state index < -0.39 is 5.97 Å². The van der Waals surface area contributed by atoms with Gasteiger partial charge < -0.3 is 14.6 Å². The van der Waals surface area contributed by atoms with Crippen LogP contribution in [0.5, 0.6) is 0 Å². The van der Waals surface area contributed by atoms with Gasteiger partial charge in [-0.05, 0) is 20.3 Å². The second-order valence-corrected chi connectivity index (χ2v) is 4.48. The lowest BCUT2D eigenvalue weighted by Crippen LogP contribution is -2.32. The van der Waals surface area contributed by atoms with Crippen LogP contribution in [-0.2, 0) is 4.79 Å². The normalized spacial score (nSPS) is 10.7. The van der Waals surface area contributed by atoms with Gasteiger partial charge in [0.1, 0.15) is 0 Å². The van der Waals surface area contributed by atoms with Crippen LogP contribution in [0.4, 0.5) is 5.82 Å². The van der Waals surface area contributed by atoms with Crippen molar-refractivity contribution in [2.24, 2.45) is 0 Å². The Kier molecular flexibility index (Phi) is 4.88. The molecule has 0 spiro atoms. The highest BCUT2D eigenvalue weighted by atomic mass is 16.4. The van der Waals surface area contributed by atoms with Gasteiger partial charge in [0.15, 0.2) is 5.82 Å². The molecule has 1 rings (SSSR count). The van der Waals surface area contributed by atoms with Gasteiger partial charge in [-0.25, -0.2) is 4.98 Å². The molecule has 0 saturated carbocycles. The van der Waals surface area contributed by atoms with Crippen molar-refractivity contribution in [1.29, 1.82) is 0 Å². The number of carboxylic acids is 1. The molecule has 0 fully saturated rings. The average Bonchev–Trinajstić information content (AvgIpc) is 2.28. The van der Waals surface area contributed by atoms with Gasteiger partial charge in [-0.3, -0.25) is 9.59 Å². The van der Waals surface area contributed by atoms with Gasteiger partial charge in [0.05, 0.1) is 0 Å². The van der Waals surface area contributed by atoms with E-state index in [1.54, 1.807) is 28.9 Å². The molecule has 0 aromatic carbocycles. The summed E-state index contributed by atoms with van der Waals surface area (Å²) in [6.07, 6.45) is 3.82. The van der Waals surface area contributed by atoms with Crippen LogP contribution in [0.15, 0.2) is 17.2 Å². The Labute approximate surface area is 106 Å². The first-order valence-corrected chi connectivity index (χ1v) is 5.93. The standard InChI is InChI=1S/C12H19N3O3/c1-9(2)15-8-6-13-11(12(15)18)14(3)7-4-5-10(16)17/h6,8-9H,4-5,7H2,1-3H3,(H,16,17). The molecule has 1 heterocycles. The molecule has 6 nitrogen and oxygen atoms in total. The maximum absolute atomic E-state index is 12.1. The Morgan fingerprint density at radius 1 is 1.56 bits per heavy atom. The minimum absolute atomic E-state index is 0.0756. The number of hydrogen-bond acceptors (Lipinski definition) is 4. The molecular weight excluding hydrogens is 234 g/mol. The van der Waals surface area contributed by atoms with Gasteiger partial charge >= 0.3 is 5.97 Å². The van der Waals surface area contributed by atoms with Crippen LogP contribution in [0.25, 0.3) is 0 Å². The van der Waals surface area contributed by atoms with E-state index in [-0.39, 0.29) is 18.0 Å². The summed E-state index contributed by atoms with van der Waals surface area (Å²) < 4.78 is 1.61. The first kappa shape index (κ1) is 14.2. The van der Waals surface area contributed by atoms with E-state index in [0.29, 0.717) is 18.8 Å². The lowest BCUT2D eigenvalue weighted by Gasteiger charge is -2.18. The number of nitrogens with zero attached hydrogens (tertiary/aromatic N) is 3. The Bertz CT molecular complexity index is 468. The fourth-order valence-electron chi connectivity index (χ4n) is 1.66. The topological polar surface area (TPSA) is 75.4 Å². The summed E-state index contributed by atoms with van der Waals surface area (Å²) in [7, 11) is 1.75. The van der Waals surface area contributed by atoms with Crippen LogP contribution in [0.3, 0.4) is 0 Å². The van der Waals surface area contributed by atoms with Crippen LogP contribution in [-0.4, -0.2) is 34.2 Å². The summed E-state index contributed by atoms with van der Waals surface area (Å²) in [4.78, 5) is 28.3. The molecule has 0 aliphatic carbocycles. The molecule has 0 bridgehead atoms. The molecular formula is C12H19N3O3. The number of rotatable bonds is 6. The average molecular weight is 253 g/mol. The third kappa shape index (κ3) is 3.58. The first-order chi connectivity index (χ1) is 8.43. The zero-order chi connectivity index (χ0) is 13.7. The summed E-state index contributed by atoms with van der Waals surface area (Å²) in [6.45, 7) is 4.35. The quantitative estimate of drug-likeness (QED) is 0.822. The molecule has 1 N–H and O–H groups in total. The summed E-state index contributed by atoms with van der Waals surface area (Å²) in [5, 5.41) is 8.57. The Morgan fingerprint density at radius 3 is 2.78 bits per heavy atom. The van der Waals surface area contributed by atoms with Crippen molar-refractivity contribution in [2.45, 2.75) is 32.7 Å². The molecule has 0 aliphatic heterocycles. The second kappa shape index (κ2) is 6.18. The molecule has 1 aromatic rings. The van der Waals surface area contributed by atoms with Crippen LogP contribution in [0, 0.1) is 0 Å². The number of aliphatic carboxylic acids is 1. The Morgan fingerprint density at radius 2 is 2.22 bits per heavy atom. The number of hydrogen-bond donors (Lipinski definition) is 1. The van der Waals surface area contributed by atoms with Crippen LogP contribution in [0.1, 0.15) is 32.7 Å². The fraction of sp³-hybridized carbons (Fsp3) is 0.583. The summed E-state index contributed by atoms with van der Waals surface area (Å²) in [5.41, 5.74) is -0.148. The van der Waals surface area contributed by atoms with Gasteiger partial charge in [0.25, 0.3) is 5.56 Å². The van der Waals surface area contributed by atoms with Crippen molar-refractivity contribution in [2.75, 3.05) is 18.5 Å². The second-order valence-electron chi connectivity index (χ2n) is 4.48. The molecule has 0 radical (unpaired) electrons. The largest absolute Gasteiger partial charge is 0.481 e. The molecule has 18 heavy (non-hydrogen) atoms. The highest BCUT2D eigenvalue weighted by Crippen LogP contribution is 2.06. The maximum Gasteiger partial charge on any atom is 0.303 e. The van der Waals surface area contributed by atoms with Gasteiger partial charge in [-0.1, -0.05) is 0 Å². The summed E-state index contributed by atoms with van der Waals surface area (Å²) >= 11 is 0. The van der Waals surface area contributed by atoms with Crippen molar-refractivity contribution in [3.63, 3.8) is 0 Å².